The van der Waals surface area contributed by atoms with Gasteiger partial charge in [0.1, 0.15) is 0 Å². The smallest absolute Gasteiger partial charge is 0.357 e. The maximum Gasteiger partial charge on any atom is 0.416 e. The second-order valence-electron chi connectivity index (χ2n) is 7.64. The Bertz CT molecular complexity index is 629. The Morgan fingerprint density at radius 2 is 1.73 bits per heavy atom. The van der Waals surface area contributed by atoms with Crippen LogP contribution in [0.4, 0.5) is 13.2 Å². The number of rotatable bonds is 8. The molecule has 1 aliphatic heterocycles. The highest BCUT2D eigenvalue weighted by molar-refractivity contribution is 14.0. The second kappa shape index (κ2) is 13.4. The zero-order valence-electron chi connectivity index (χ0n) is 18.2. The minimum absolute atomic E-state index is 0. The molecule has 9 heteroatoms. The normalized spacial score (nSPS) is 16.3. The van der Waals surface area contributed by atoms with Gasteiger partial charge in [-0.25, -0.2) is 0 Å². The van der Waals surface area contributed by atoms with E-state index in [9.17, 15) is 13.2 Å². The molecule has 1 saturated heterocycles. The van der Waals surface area contributed by atoms with E-state index in [4.69, 9.17) is 0 Å². The van der Waals surface area contributed by atoms with Gasteiger partial charge in [-0.2, -0.15) is 13.2 Å². The summed E-state index contributed by atoms with van der Waals surface area (Å²) in [5.74, 6) is 0.784. The maximum absolute atomic E-state index is 12.7. The van der Waals surface area contributed by atoms with Crippen molar-refractivity contribution in [2.24, 2.45) is 4.99 Å². The first-order valence-corrected chi connectivity index (χ1v) is 10.4. The van der Waals surface area contributed by atoms with Crippen molar-refractivity contribution in [3.63, 3.8) is 0 Å². The van der Waals surface area contributed by atoms with E-state index >= 15 is 0 Å². The third-order valence-corrected chi connectivity index (χ3v) is 5.14. The van der Waals surface area contributed by atoms with Gasteiger partial charge < -0.3 is 20.0 Å². The van der Waals surface area contributed by atoms with Gasteiger partial charge in [0, 0.05) is 52.9 Å². The number of likely N-dealkylation sites (N-methyl/N-ethyl adjacent to an activating group) is 1. The molecule has 5 nitrogen and oxygen atoms in total. The van der Waals surface area contributed by atoms with Crippen molar-refractivity contribution in [2.45, 2.75) is 32.5 Å². The first-order chi connectivity index (χ1) is 13.8. The van der Waals surface area contributed by atoms with Crippen LogP contribution in [-0.4, -0.2) is 80.6 Å². The van der Waals surface area contributed by atoms with Gasteiger partial charge >= 0.3 is 6.18 Å². The van der Waals surface area contributed by atoms with Crippen molar-refractivity contribution in [2.75, 3.05) is 59.9 Å². The molecule has 0 unspecified atom stereocenters. The topological polar surface area (TPSA) is 34.1 Å². The number of piperazine rings is 1. The predicted octanol–water partition coefficient (Wildman–Crippen LogP) is 3.75. The molecule has 1 fully saturated rings. The van der Waals surface area contributed by atoms with Crippen molar-refractivity contribution in [3.8, 4) is 0 Å². The first kappa shape index (κ1) is 27.0. The van der Waals surface area contributed by atoms with Crippen LogP contribution in [0.5, 0.6) is 0 Å². The van der Waals surface area contributed by atoms with Crippen molar-refractivity contribution in [3.05, 3.63) is 35.4 Å². The minimum atomic E-state index is -4.30. The highest BCUT2D eigenvalue weighted by Gasteiger charge is 2.29. The van der Waals surface area contributed by atoms with E-state index in [-0.39, 0.29) is 24.0 Å². The zero-order valence-corrected chi connectivity index (χ0v) is 20.5. The van der Waals surface area contributed by atoms with E-state index in [1.165, 1.54) is 12.1 Å². The van der Waals surface area contributed by atoms with Crippen LogP contribution < -0.4 is 5.32 Å². The van der Waals surface area contributed by atoms with Crippen LogP contribution in [0.1, 0.15) is 30.9 Å². The molecule has 1 heterocycles. The molecule has 0 atom stereocenters. The summed E-state index contributed by atoms with van der Waals surface area (Å²) in [6, 6.07) is 5.31. The fourth-order valence-electron chi connectivity index (χ4n) is 3.32. The molecular weight excluding hydrogens is 506 g/mol. The summed E-state index contributed by atoms with van der Waals surface area (Å²) < 4.78 is 38.1. The summed E-state index contributed by atoms with van der Waals surface area (Å²) in [5, 5.41) is 3.26. The summed E-state index contributed by atoms with van der Waals surface area (Å²) >= 11 is 0. The number of aliphatic imine (C=N–C) groups is 1. The quantitative estimate of drug-likeness (QED) is 0.236. The van der Waals surface area contributed by atoms with Crippen LogP contribution in [0, 0.1) is 0 Å². The van der Waals surface area contributed by atoms with Gasteiger partial charge in [-0.15, -0.1) is 24.0 Å². The van der Waals surface area contributed by atoms with E-state index in [0.717, 1.165) is 82.3 Å². The number of benzene rings is 1. The molecule has 1 N–H and O–H groups in total. The minimum Gasteiger partial charge on any atom is -0.357 e. The number of nitrogens with zero attached hydrogens (tertiary/aromatic N) is 4. The van der Waals surface area contributed by atoms with Gasteiger partial charge in [-0.05, 0) is 51.1 Å². The van der Waals surface area contributed by atoms with E-state index in [1.54, 1.807) is 0 Å². The summed E-state index contributed by atoms with van der Waals surface area (Å²) in [6.45, 7) is 9.66. The van der Waals surface area contributed by atoms with Crippen molar-refractivity contribution in [1.82, 2.24) is 20.0 Å². The Morgan fingerprint density at radius 1 is 1.10 bits per heavy atom. The molecular formula is C21H35F3IN5. The lowest BCUT2D eigenvalue weighted by molar-refractivity contribution is -0.137. The Labute approximate surface area is 195 Å². The first-order valence-electron chi connectivity index (χ1n) is 10.4. The van der Waals surface area contributed by atoms with Crippen molar-refractivity contribution >= 4 is 29.9 Å². The fourth-order valence-corrected chi connectivity index (χ4v) is 3.32. The predicted molar refractivity (Wildman–Crippen MR) is 127 cm³/mol. The highest BCUT2D eigenvalue weighted by Crippen LogP contribution is 2.29. The molecule has 0 aromatic heterocycles. The Balaban J connectivity index is 0.00000450. The molecule has 1 aromatic rings. The van der Waals surface area contributed by atoms with E-state index < -0.39 is 11.7 Å². The highest BCUT2D eigenvalue weighted by atomic mass is 127. The lowest BCUT2D eigenvalue weighted by Crippen LogP contribution is -2.44. The van der Waals surface area contributed by atoms with E-state index in [0.29, 0.717) is 6.54 Å². The standard InChI is InChI=1S/C21H34F3N5.HI/c1-4-25-20(26-11-5-6-12-29-15-13-27(2)14-16-29)28(3)17-18-7-9-19(10-8-18)21(22,23)24;/h7-10H,4-6,11-17H2,1-3H3,(H,25,26);1H. The molecule has 1 aromatic carbocycles. The van der Waals surface area contributed by atoms with Gasteiger partial charge in [-0.1, -0.05) is 12.1 Å². The van der Waals surface area contributed by atoms with Crippen LogP contribution in [-0.2, 0) is 12.7 Å². The number of unbranched alkanes of at least 4 members (excludes halogenated alkanes) is 1. The van der Waals surface area contributed by atoms with E-state index in [1.807, 2.05) is 18.9 Å². The number of hydrogen-bond donors (Lipinski definition) is 1. The van der Waals surface area contributed by atoms with Crippen molar-refractivity contribution in [1.29, 1.82) is 0 Å². The summed E-state index contributed by atoms with van der Waals surface area (Å²) in [5.41, 5.74) is 0.200. The van der Waals surface area contributed by atoms with Crippen LogP contribution >= 0.6 is 24.0 Å². The largest absolute Gasteiger partial charge is 0.416 e. The lowest BCUT2D eigenvalue weighted by Gasteiger charge is -2.32. The van der Waals surface area contributed by atoms with Crippen LogP contribution in [0.25, 0.3) is 0 Å². The summed E-state index contributed by atoms with van der Waals surface area (Å²) in [7, 11) is 4.07. The zero-order chi connectivity index (χ0) is 21.3. The molecule has 0 radical (unpaired) electrons. The lowest BCUT2D eigenvalue weighted by atomic mass is 10.1. The Morgan fingerprint density at radius 3 is 2.30 bits per heavy atom. The van der Waals surface area contributed by atoms with Gasteiger partial charge in [0.05, 0.1) is 5.56 Å². The number of guanidine groups is 1. The number of hydrogen-bond acceptors (Lipinski definition) is 3. The molecule has 2 rings (SSSR count). The van der Waals surface area contributed by atoms with Gasteiger partial charge in [0.15, 0.2) is 5.96 Å². The Kier molecular flexibility index (Phi) is 12.0. The van der Waals surface area contributed by atoms with Crippen LogP contribution in [0.15, 0.2) is 29.3 Å². The molecule has 0 aliphatic carbocycles. The average Bonchev–Trinajstić information content (AvgIpc) is 2.68. The third kappa shape index (κ3) is 9.38. The van der Waals surface area contributed by atoms with Crippen LogP contribution in [0.3, 0.4) is 0 Å². The third-order valence-electron chi connectivity index (χ3n) is 5.14. The molecule has 0 spiro atoms. The molecule has 30 heavy (non-hydrogen) atoms. The van der Waals surface area contributed by atoms with Gasteiger partial charge in [0.2, 0.25) is 0 Å². The molecule has 0 bridgehead atoms. The summed E-state index contributed by atoms with van der Waals surface area (Å²) in [4.78, 5) is 11.5. The molecule has 1 aliphatic rings. The van der Waals surface area contributed by atoms with Gasteiger partial charge in [-0.3, -0.25) is 4.99 Å². The molecule has 172 valence electrons. The van der Waals surface area contributed by atoms with E-state index in [2.05, 4.69) is 27.2 Å². The number of alkyl halides is 3. The SMILES string of the molecule is CCNC(=NCCCCN1CCN(C)CC1)N(C)Cc1ccc(C(F)(F)F)cc1.I. The molecule has 0 saturated carbocycles. The summed E-state index contributed by atoms with van der Waals surface area (Å²) in [6.07, 6.45) is -2.16. The van der Waals surface area contributed by atoms with Gasteiger partial charge in [0.25, 0.3) is 0 Å². The fraction of sp³-hybridized carbons (Fsp3) is 0.667. The maximum atomic E-state index is 12.7. The number of nitrogens with one attached hydrogen (secondary N) is 1. The molecule has 0 amide bonds. The van der Waals surface area contributed by atoms with Crippen LogP contribution in [0.2, 0.25) is 0 Å². The average molecular weight is 541 g/mol. The monoisotopic (exact) mass is 541 g/mol. The Hall–Kier alpha value is -1.07. The number of halogens is 4. The van der Waals surface area contributed by atoms with Crippen molar-refractivity contribution < 1.29 is 13.2 Å². The second-order valence-corrected chi connectivity index (χ2v) is 7.64.